The summed E-state index contributed by atoms with van der Waals surface area (Å²) in [5.74, 6) is 0. The maximum atomic E-state index is 7.12. The largest absolute Gasteiger partial charge is 0.455 e. The summed E-state index contributed by atoms with van der Waals surface area (Å²) in [6, 6.07) is 172. The molecule has 590 valence electrons. The zero-order valence-electron chi connectivity index (χ0n) is 68.6. The van der Waals surface area contributed by atoms with E-state index < -0.39 is 0 Å². The zero-order chi connectivity index (χ0) is 83.1. The lowest BCUT2D eigenvalue weighted by Crippen LogP contribution is -2.12. The number of hydrogen-bond donors (Lipinski definition) is 0. The summed E-state index contributed by atoms with van der Waals surface area (Å²) in [5, 5.41) is 9.16. The van der Waals surface area contributed by atoms with Gasteiger partial charge < -0.3 is 27.8 Å². The van der Waals surface area contributed by atoms with E-state index in [1.165, 1.54) is 32.6 Å². The number of fused-ring (bicyclic) bond motifs is 12. The van der Waals surface area contributed by atoms with E-state index in [1.807, 2.05) is 0 Å². The molecular weight excluding hydrogens is 1530 g/mol. The van der Waals surface area contributed by atoms with Crippen molar-refractivity contribution in [1.82, 2.24) is 9.13 Å². The predicted molar refractivity (Wildman–Crippen MR) is 528 cm³/mol. The highest BCUT2D eigenvalue weighted by Gasteiger charge is 2.27. The van der Waals surface area contributed by atoms with Crippen molar-refractivity contribution in [2.75, 3.05) is 9.80 Å². The first kappa shape index (κ1) is 73.1. The molecule has 0 spiro atoms. The summed E-state index contributed by atoms with van der Waals surface area (Å²) in [4.78, 5) is 4.85. The lowest BCUT2D eigenvalue weighted by molar-refractivity contribution is 0.669. The van der Waals surface area contributed by atoms with Gasteiger partial charge in [-0.2, -0.15) is 0 Å². The quantitative estimate of drug-likeness (QED) is 0.0911. The van der Waals surface area contributed by atoms with E-state index >= 15 is 0 Å². The third-order valence-electron chi connectivity index (χ3n) is 25.3. The summed E-state index contributed by atoms with van der Waals surface area (Å²) < 4.78 is 18.8. The number of benzene rings is 20. The van der Waals surface area contributed by atoms with Crippen molar-refractivity contribution >= 4 is 122 Å². The second-order valence-corrected chi connectivity index (χ2v) is 32.5. The number of hydrogen-bond acceptors (Lipinski definition) is 4. The van der Waals surface area contributed by atoms with Crippen LogP contribution in [0.5, 0.6) is 0 Å². The molecule has 0 bridgehead atoms. The Bertz CT molecular complexity index is 8270. The van der Waals surface area contributed by atoms with Crippen LogP contribution in [0, 0.1) is 0 Å². The summed E-state index contributed by atoms with van der Waals surface area (Å²) in [7, 11) is 0. The predicted octanol–water partition coefficient (Wildman–Crippen LogP) is 33.6. The Hall–Kier alpha value is -16.8. The first-order chi connectivity index (χ1) is 62.5. The van der Waals surface area contributed by atoms with Gasteiger partial charge in [0.05, 0.1) is 39.1 Å². The van der Waals surface area contributed by atoms with E-state index in [2.05, 4.69) is 492 Å². The maximum absolute atomic E-state index is 7.12. The second-order valence-electron chi connectivity index (χ2n) is 32.5. The van der Waals surface area contributed by atoms with Gasteiger partial charge in [-0.3, -0.25) is 0 Å². The van der Waals surface area contributed by atoms with Gasteiger partial charge in [0.25, 0.3) is 0 Å². The molecule has 0 radical (unpaired) electrons. The van der Waals surface area contributed by atoms with Crippen LogP contribution in [0.25, 0.3) is 199 Å². The van der Waals surface area contributed by atoms with Crippen molar-refractivity contribution < 1.29 is 8.83 Å². The minimum atomic E-state index is 0.829. The van der Waals surface area contributed by atoms with Gasteiger partial charge in [-0.15, -0.1) is 0 Å². The van der Waals surface area contributed by atoms with Crippen LogP contribution in [0.15, 0.2) is 482 Å². The molecule has 6 heteroatoms. The molecule has 0 amide bonds. The molecule has 0 unspecified atom stereocenters. The molecule has 0 aliphatic rings. The van der Waals surface area contributed by atoms with Gasteiger partial charge in [0.2, 0.25) is 0 Å². The average molecular weight is 1610 g/mol. The highest BCUT2D eigenvalue weighted by molar-refractivity contribution is 6.19. The van der Waals surface area contributed by atoms with Crippen LogP contribution in [0.1, 0.15) is 0 Å². The normalized spacial score (nSPS) is 11.7. The van der Waals surface area contributed by atoms with Crippen LogP contribution >= 0.6 is 0 Å². The van der Waals surface area contributed by atoms with Gasteiger partial charge in [0, 0.05) is 99.3 Å². The fraction of sp³-hybridized carbons (Fsp3) is 0. The van der Waals surface area contributed by atoms with E-state index in [0.717, 1.165) is 201 Å². The number of para-hydroxylation sites is 8. The summed E-state index contributed by atoms with van der Waals surface area (Å²) in [6.07, 6.45) is 0. The Morgan fingerprint density at radius 1 is 0.167 bits per heavy atom. The van der Waals surface area contributed by atoms with Crippen LogP contribution in [0.3, 0.4) is 0 Å². The number of anilines is 6. The minimum absolute atomic E-state index is 0.829. The Labute approximate surface area is 729 Å². The molecule has 0 N–H and O–H groups in total. The molecule has 0 saturated heterocycles. The summed E-state index contributed by atoms with van der Waals surface area (Å²) in [6.45, 7) is 0. The van der Waals surface area contributed by atoms with Crippen molar-refractivity contribution in [2.45, 2.75) is 0 Å². The van der Waals surface area contributed by atoms with Crippen LogP contribution < -0.4 is 9.80 Å². The molecule has 126 heavy (non-hydrogen) atoms. The topological polar surface area (TPSA) is 42.6 Å². The van der Waals surface area contributed by atoms with Crippen LogP contribution in [-0.2, 0) is 0 Å². The third kappa shape index (κ3) is 12.6. The Morgan fingerprint density at radius 2 is 0.476 bits per heavy atom. The van der Waals surface area contributed by atoms with Crippen molar-refractivity contribution in [3.63, 3.8) is 0 Å². The lowest BCUT2D eigenvalue weighted by atomic mass is 9.95. The van der Waals surface area contributed by atoms with Gasteiger partial charge in [-0.05, 0) is 194 Å². The van der Waals surface area contributed by atoms with E-state index in [9.17, 15) is 0 Å². The first-order valence-corrected chi connectivity index (χ1v) is 43.1. The Kier molecular flexibility index (Phi) is 17.8. The zero-order valence-corrected chi connectivity index (χ0v) is 68.6. The fourth-order valence-corrected chi connectivity index (χ4v) is 19.6. The van der Waals surface area contributed by atoms with E-state index in [-0.39, 0.29) is 0 Å². The number of furan rings is 2. The van der Waals surface area contributed by atoms with E-state index in [0.29, 0.717) is 0 Å². The van der Waals surface area contributed by atoms with Gasteiger partial charge >= 0.3 is 0 Å². The van der Waals surface area contributed by atoms with Crippen LogP contribution in [-0.4, -0.2) is 9.13 Å². The molecule has 20 aromatic carbocycles. The van der Waals surface area contributed by atoms with Gasteiger partial charge in [-0.25, -0.2) is 0 Å². The molecule has 0 fully saturated rings. The SMILES string of the molecule is c1ccc(-c2cccc(N(c3ccc(-c4cccc(-n5c6ccccc6c6ccccc65)c4)cc3)c3ccccc3-c3cccc4oc5c(-c6ccc(-c7ccc8c(c7)c7ccccc7n8-c7cccc(-c8ccc(N(c9ccccc9-c9ccccc9)c9ccccc9-c9cccc%10oc%11c(-c%12ccccc%12)cccc%11c9%10)cc8)c7)cc6)cccc5c34)c2)cc1. The van der Waals surface area contributed by atoms with Crippen LogP contribution in [0.4, 0.5) is 34.1 Å². The molecule has 4 aromatic heterocycles. The summed E-state index contributed by atoms with van der Waals surface area (Å²) in [5.41, 5.74) is 36.6. The van der Waals surface area contributed by atoms with Crippen LogP contribution in [0.2, 0.25) is 0 Å². The van der Waals surface area contributed by atoms with Crippen molar-refractivity contribution in [1.29, 1.82) is 0 Å². The fourth-order valence-electron chi connectivity index (χ4n) is 19.6. The molecule has 0 aliphatic heterocycles. The maximum Gasteiger partial charge on any atom is 0.143 e. The molecule has 24 aromatic rings. The van der Waals surface area contributed by atoms with Gasteiger partial charge in [-0.1, -0.05) is 352 Å². The van der Waals surface area contributed by atoms with Crippen molar-refractivity contribution in [2.24, 2.45) is 0 Å². The van der Waals surface area contributed by atoms with E-state index in [4.69, 9.17) is 8.83 Å². The number of nitrogens with zero attached hydrogens (tertiary/aromatic N) is 4. The molecular formula is C120H78N4O2. The van der Waals surface area contributed by atoms with Gasteiger partial charge in [0.15, 0.2) is 0 Å². The first-order valence-electron chi connectivity index (χ1n) is 43.1. The minimum Gasteiger partial charge on any atom is -0.455 e. The highest BCUT2D eigenvalue weighted by Crippen LogP contribution is 2.52. The number of aromatic nitrogens is 2. The van der Waals surface area contributed by atoms with E-state index in [1.54, 1.807) is 0 Å². The van der Waals surface area contributed by atoms with Gasteiger partial charge in [0.1, 0.15) is 22.3 Å². The smallest absolute Gasteiger partial charge is 0.143 e. The monoisotopic (exact) mass is 1610 g/mol. The lowest BCUT2D eigenvalue weighted by Gasteiger charge is -2.30. The number of rotatable bonds is 17. The highest BCUT2D eigenvalue weighted by atomic mass is 16.3. The molecule has 4 heterocycles. The average Bonchev–Trinajstić information content (AvgIpc) is 1.39. The third-order valence-corrected chi connectivity index (χ3v) is 25.3. The second kappa shape index (κ2) is 30.7. The summed E-state index contributed by atoms with van der Waals surface area (Å²) >= 11 is 0. The molecule has 24 rings (SSSR count). The molecule has 0 atom stereocenters. The Balaban J connectivity index is 0.546. The molecule has 0 saturated carbocycles. The Morgan fingerprint density at radius 3 is 0.992 bits per heavy atom. The molecule has 0 aliphatic carbocycles. The van der Waals surface area contributed by atoms with Crippen molar-refractivity contribution in [3.05, 3.63) is 473 Å². The molecule has 6 nitrogen and oxygen atoms in total. The standard InChI is InChI=1S/C120H78N4O2/c1-4-29-79(30-5-1)86-35-22-38-92(75-86)121(90-70-65-81(66-71-90)87-36-23-39-93(76-87)123-110-55-18-11-42-98(110)99-43-12-19-56-111(99)123)109-54-17-13-44-100(109)103-49-27-59-115-117(103)106-52-26-48-97(120(106)126-115)85-63-61-80(62-64-85)89-69-74-114-107(78-89)102-46-15-21-58-113(102)124(114)94-40-24-37-88(77-94)82-67-72-91(73-68-82)122(108-53-16-10-41-95(108)83-31-6-2-7-32-83)112-57-20-14-45-101(112)104-50-28-60-116-118(104)105-51-25-47-96(119(105)125-116)84-33-8-3-9-34-84/h1-78H. The van der Waals surface area contributed by atoms with Crippen molar-refractivity contribution in [3.8, 4) is 112 Å².